The Morgan fingerprint density at radius 2 is 1.86 bits per heavy atom. The number of nitrogens with zero attached hydrogens (tertiary/aromatic N) is 4. The highest BCUT2D eigenvalue weighted by Gasteiger charge is 2.30. The van der Waals surface area contributed by atoms with Gasteiger partial charge in [0.2, 0.25) is 0 Å². The maximum atomic E-state index is 12.8. The summed E-state index contributed by atoms with van der Waals surface area (Å²) in [5.41, 5.74) is 0.120. The molecule has 0 aliphatic rings. The Morgan fingerprint density at radius 1 is 1.06 bits per heavy atom. The van der Waals surface area contributed by atoms with Crippen LogP contribution in [0.3, 0.4) is 0 Å². The fourth-order valence-corrected chi connectivity index (χ4v) is 3.75. The summed E-state index contributed by atoms with van der Waals surface area (Å²) >= 11 is 15.3. The van der Waals surface area contributed by atoms with E-state index in [1.165, 1.54) is 29.1 Å². The highest BCUT2D eigenvalue weighted by Crippen LogP contribution is 2.31. The van der Waals surface area contributed by atoms with Gasteiger partial charge in [-0.05, 0) is 57.9 Å². The summed E-state index contributed by atoms with van der Waals surface area (Å²) in [5.74, 6) is -0.217. The van der Waals surface area contributed by atoms with E-state index >= 15 is 0 Å². The molecule has 1 amide bonds. The Hall–Kier alpha value is -3.02. The van der Waals surface area contributed by atoms with Crippen LogP contribution in [0.2, 0.25) is 10.0 Å². The number of aromatic nitrogens is 4. The molecule has 0 fully saturated rings. The van der Waals surface area contributed by atoms with E-state index in [0.717, 1.165) is 17.7 Å². The highest BCUT2D eigenvalue weighted by molar-refractivity contribution is 9.10. The zero-order chi connectivity index (χ0) is 25.2. The number of ether oxygens (including phenoxy) is 1. The molecule has 2 aromatic carbocycles. The molecule has 35 heavy (non-hydrogen) atoms. The van der Waals surface area contributed by atoms with E-state index in [1.807, 2.05) is 6.07 Å². The summed E-state index contributed by atoms with van der Waals surface area (Å²) in [6.45, 7) is 0.212. The van der Waals surface area contributed by atoms with Crippen LogP contribution in [0.25, 0.3) is 0 Å². The van der Waals surface area contributed by atoms with Crippen molar-refractivity contribution in [3.63, 3.8) is 0 Å². The molecule has 182 valence electrons. The van der Waals surface area contributed by atoms with E-state index in [9.17, 15) is 18.0 Å². The summed E-state index contributed by atoms with van der Waals surface area (Å²) < 4.78 is 47.3. The monoisotopic (exact) mass is 587 g/mol. The summed E-state index contributed by atoms with van der Waals surface area (Å²) in [7, 11) is 0. The average Bonchev–Trinajstić information content (AvgIpc) is 3.41. The molecular formula is C22H15BrCl2F3N5O2. The van der Waals surface area contributed by atoms with E-state index in [1.54, 1.807) is 23.0 Å². The van der Waals surface area contributed by atoms with Gasteiger partial charge in [0.25, 0.3) is 5.91 Å². The number of halogens is 6. The summed E-state index contributed by atoms with van der Waals surface area (Å²) in [4.78, 5) is 12.6. The number of amides is 1. The third-order valence-electron chi connectivity index (χ3n) is 4.68. The molecule has 7 nitrogen and oxygen atoms in total. The van der Waals surface area contributed by atoms with Gasteiger partial charge in [-0.1, -0.05) is 35.3 Å². The lowest BCUT2D eigenvalue weighted by molar-refractivity contribution is -0.137. The predicted octanol–water partition coefficient (Wildman–Crippen LogP) is 6.50. The number of carbonyl (C=O) groups is 1. The molecule has 4 aromatic rings. The lowest BCUT2D eigenvalue weighted by Gasteiger charge is -2.10. The van der Waals surface area contributed by atoms with Crippen molar-refractivity contribution in [3.05, 3.63) is 92.3 Å². The molecule has 0 radical (unpaired) electrons. The number of hydrogen-bond acceptors (Lipinski definition) is 4. The summed E-state index contributed by atoms with van der Waals surface area (Å²) in [6, 6.07) is 11.2. The second kappa shape index (κ2) is 10.3. The van der Waals surface area contributed by atoms with Crippen LogP contribution in [-0.4, -0.2) is 25.5 Å². The van der Waals surface area contributed by atoms with Crippen molar-refractivity contribution < 1.29 is 22.7 Å². The number of nitrogens with one attached hydrogen (secondary N) is 1. The van der Waals surface area contributed by atoms with Crippen LogP contribution in [0.4, 0.5) is 19.0 Å². The standard InChI is InChI=1S/C22H15BrCl2F3N5O2/c23-16-11-33(10-13-4-5-17(24)18(25)8-13)31-20(16)29-21(34)19-6-7-32(30-19)12-35-15-3-1-2-14(9-15)22(26,27)28/h1-9,11H,10,12H2,(H,29,31,34). The van der Waals surface area contributed by atoms with Crippen molar-refractivity contribution in [1.82, 2.24) is 19.6 Å². The van der Waals surface area contributed by atoms with Crippen LogP contribution in [0.1, 0.15) is 21.6 Å². The molecule has 0 aliphatic heterocycles. The van der Waals surface area contributed by atoms with E-state index < -0.39 is 17.6 Å². The number of hydrogen-bond donors (Lipinski definition) is 1. The molecule has 0 saturated heterocycles. The molecular weight excluding hydrogens is 574 g/mol. The van der Waals surface area contributed by atoms with Crippen LogP contribution in [-0.2, 0) is 19.5 Å². The third-order valence-corrected chi connectivity index (χ3v) is 6.00. The van der Waals surface area contributed by atoms with Crippen molar-refractivity contribution in [2.75, 3.05) is 5.32 Å². The molecule has 0 atom stereocenters. The van der Waals surface area contributed by atoms with Crippen molar-refractivity contribution in [2.45, 2.75) is 19.5 Å². The van der Waals surface area contributed by atoms with Gasteiger partial charge < -0.3 is 10.1 Å². The second-order valence-electron chi connectivity index (χ2n) is 7.27. The van der Waals surface area contributed by atoms with Gasteiger partial charge in [0.15, 0.2) is 18.2 Å². The number of carbonyl (C=O) groups excluding carboxylic acids is 1. The normalized spacial score (nSPS) is 11.5. The quantitative estimate of drug-likeness (QED) is 0.267. The topological polar surface area (TPSA) is 74.0 Å². The zero-order valence-corrected chi connectivity index (χ0v) is 20.7. The number of rotatable bonds is 7. The first-order chi connectivity index (χ1) is 16.6. The van der Waals surface area contributed by atoms with Gasteiger partial charge in [-0.15, -0.1) is 0 Å². The van der Waals surface area contributed by atoms with Gasteiger partial charge in [0.1, 0.15) is 5.75 Å². The Morgan fingerprint density at radius 3 is 2.60 bits per heavy atom. The number of alkyl halides is 3. The number of anilines is 1. The Labute approximate surface area is 215 Å². The van der Waals surface area contributed by atoms with Crippen molar-refractivity contribution in [2.24, 2.45) is 0 Å². The van der Waals surface area contributed by atoms with E-state index in [0.29, 0.717) is 21.1 Å². The van der Waals surface area contributed by atoms with Gasteiger partial charge in [-0.3, -0.25) is 9.48 Å². The first-order valence-corrected chi connectivity index (χ1v) is 11.4. The van der Waals surface area contributed by atoms with Crippen molar-refractivity contribution in [3.8, 4) is 5.75 Å². The summed E-state index contributed by atoms with van der Waals surface area (Å²) in [6.07, 6.45) is -1.31. The van der Waals surface area contributed by atoms with E-state index in [-0.39, 0.29) is 24.0 Å². The van der Waals surface area contributed by atoms with Gasteiger partial charge in [0, 0.05) is 12.4 Å². The third kappa shape index (κ3) is 6.36. The fourth-order valence-electron chi connectivity index (χ4n) is 3.02. The Bertz CT molecular complexity index is 1370. The SMILES string of the molecule is O=C(Nc1nn(Cc2ccc(Cl)c(Cl)c2)cc1Br)c1ccn(COc2cccc(C(F)(F)F)c2)n1. The second-order valence-corrected chi connectivity index (χ2v) is 8.93. The smallest absolute Gasteiger partial charge is 0.416 e. The average molecular weight is 589 g/mol. The molecule has 4 rings (SSSR count). The maximum Gasteiger partial charge on any atom is 0.416 e. The molecule has 1 N–H and O–H groups in total. The van der Waals surface area contributed by atoms with Crippen LogP contribution in [0.5, 0.6) is 5.75 Å². The van der Waals surface area contributed by atoms with Crippen LogP contribution in [0.15, 0.2) is 65.4 Å². The number of benzene rings is 2. The zero-order valence-electron chi connectivity index (χ0n) is 17.6. The van der Waals surface area contributed by atoms with Gasteiger partial charge in [-0.25, -0.2) is 4.68 Å². The summed E-state index contributed by atoms with van der Waals surface area (Å²) in [5, 5.41) is 12.0. The minimum Gasteiger partial charge on any atom is -0.471 e. The molecule has 0 bridgehead atoms. The Balaban J connectivity index is 1.37. The van der Waals surface area contributed by atoms with Crippen LogP contribution in [0, 0.1) is 0 Å². The minimum atomic E-state index is -4.47. The van der Waals surface area contributed by atoms with Gasteiger partial charge in [0.05, 0.1) is 26.6 Å². The van der Waals surface area contributed by atoms with Crippen molar-refractivity contribution >= 4 is 50.9 Å². The van der Waals surface area contributed by atoms with Crippen LogP contribution >= 0.6 is 39.1 Å². The minimum absolute atomic E-state index is 0.0257. The predicted molar refractivity (Wildman–Crippen MR) is 128 cm³/mol. The van der Waals surface area contributed by atoms with E-state index in [4.69, 9.17) is 27.9 Å². The maximum absolute atomic E-state index is 12.8. The van der Waals surface area contributed by atoms with Gasteiger partial charge in [-0.2, -0.15) is 23.4 Å². The van der Waals surface area contributed by atoms with Gasteiger partial charge >= 0.3 is 6.18 Å². The Kier molecular flexibility index (Phi) is 7.39. The molecule has 0 saturated carbocycles. The molecule has 0 aliphatic carbocycles. The van der Waals surface area contributed by atoms with E-state index in [2.05, 4.69) is 31.4 Å². The molecule has 13 heteroatoms. The lowest BCUT2D eigenvalue weighted by atomic mass is 10.2. The molecule has 0 unspecified atom stereocenters. The highest BCUT2D eigenvalue weighted by atomic mass is 79.9. The first kappa shape index (κ1) is 25.1. The fraction of sp³-hybridized carbons (Fsp3) is 0.136. The molecule has 0 spiro atoms. The first-order valence-electron chi connectivity index (χ1n) is 9.90. The van der Waals surface area contributed by atoms with Crippen molar-refractivity contribution in [1.29, 1.82) is 0 Å². The largest absolute Gasteiger partial charge is 0.471 e. The molecule has 2 heterocycles. The van der Waals surface area contributed by atoms with Crippen LogP contribution < -0.4 is 10.1 Å². The molecule has 2 aromatic heterocycles. The lowest BCUT2D eigenvalue weighted by Crippen LogP contribution is -2.15.